The quantitative estimate of drug-likeness (QED) is 0.918. The summed E-state index contributed by atoms with van der Waals surface area (Å²) in [5, 5.41) is 0.646. The average Bonchev–Trinajstić information content (AvgIpc) is 2.54. The van der Waals surface area contributed by atoms with Crippen LogP contribution >= 0.6 is 11.6 Å². The van der Waals surface area contributed by atoms with Crippen molar-refractivity contribution in [3.05, 3.63) is 40.9 Å². The first-order valence-electron chi connectivity index (χ1n) is 6.43. The standard InChI is InChI=1S/C16H18ClNO3/c1-19-12-7-14(20-2)16(15(8-12)21-3)10-4-5-13(17)11(6-10)9-18/h4-8H,9,18H2,1-3H3. The van der Waals surface area contributed by atoms with Crippen molar-refractivity contribution in [1.29, 1.82) is 0 Å². The summed E-state index contributed by atoms with van der Waals surface area (Å²) in [4.78, 5) is 0. The summed E-state index contributed by atoms with van der Waals surface area (Å²) in [6.45, 7) is 0.369. The summed E-state index contributed by atoms with van der Waals surface area (Å²) < 4.78 is 16.2. The van der Waals surface area contributed by atoms with Crippen LogP contribution in [0.15, 0.2) is 30.3 Å². The van der Waals surface area contributed by atoms with Crippen molar-refractivity contribution >= 4 is 11.6 Å². The van der Waals surface area contributed by atoms with E-state index in [0.717, 1.165) is 16.7 Å². The molecule has 0 bridgehead atoms. The van der Waals surface area contributed by atoms with Gasteiger partial charge < -0.3 is 19.9 Å². The van der Waals surface area contributed by atoms with Gasteiger partial charge in [0.2, 0.25) is 0 Å². The van der Waals surface area contributed by atoms with Gasteiger partial charge in [-0.2, -0.15) is 0 Å². The maximum Gasteiger partial charge on any atom is 0.134 e. The largest absolute Gasteiger partial charge is 0.496 e. The molecule has 2 aromatic rings. The molecule has 0 fully saturated rings. The lowest BCUT2D eigenvalue weighted by molar-refractivity contribution is 0.377. The highest BCUT2D eigenvalue weighted by Gasteiger charge is 2.16. The van der Waals surface area contributed by atoms with E-state index in [-0.39, 0.29) is 0 Å². The third kappa shape index (κ3) is 3.06. The molecule has 2 N–H and O–H groups in total. The molecule has 0 aliphatic rings. The van der Waals surface area contributed by atoms with Crippen LogP contribution in [-0.4, -0.2) is 21.3 Å². The molecule has 2 aromatic carbocycles. The summed E-state index contributed by atoms with van der Waals surface area (Å²) in [7, 11) is 4.82. The van der Waals surface area contributed by atoms with Crippen LogP contribution in [0.4, 0.5) is 0 Å². The molecule has 0 aromatic heterocycles. The highest BCUT2D eigenvalue weighted by atomic mass is 35.5. The van der Waals surface area contributed by atoms with E-state index in [1.165, 1.54) is 0 Å². The normalized spacial score (nSPS) is 10.3. The first kappa shape index (κ1) is 15.5. The number of nitrogens with two attached hydrogens (primary N) is 1. The Hall–Kier alpha value is -1.91. The topological polar surface area (TPSA) is 53.7 Å². The number of halogens is 1. The fourth-order valence-electron chi connectivity index (χ4n) is 2.18. The third-order valence-corrected chi connectivity index (χ3v) is 3.64. The van der Waals surface area contributed by atoms with Gasteiger partial charge in [-0.3, -0.25) is 0 Å². The Balaban J connectivity index is 2.66. The fourth-order valence-corrected chi connectivity index (χ4v) is 2.37. The Morgan fingerprint density at radius 2 is 1.57 bits per heavy atom. The number of benzene rings is 2. The molecule has 0 aliphatic carbocycles. The Bertz CT molecular complexity index is 618. The summed E-state index contributed by atoms with van der Waals surface area (Å²) in [6.07, 6.45) is 0. The minimum absolute atomic E-state index is 0.369. The second-order valence-electron chi connectivity index (χ2n) is 4.42. The molecule has 5 heteroatoms. The van der Waals surface area contributed by atoms with E-state index in [1.54, 1.807) is 21.3 Å². The Morgan fingerprint density at radius 1 is 0.952 bits per heavy atom. The maximum atomic E-state index is 6.12. The van der Waals surface area contributed by atoms with Crippen LogP contribution in [0, 0.1) is 0 Å². The predicted octanol–water partition coefficient (Wildman–Crippen LogP) is 3.49. The van der Waals surface area contributed by atoms with Gasteiger partial charge in [-0.15, -0.1) is 0 Å². The second kappa shape index (κ2) is 6.70. The smallest absolute Gasteiger partial charge is 0.134 e. The molecule has 0 spiro atoms. The molecule has 0 unspecified atom stereocenters. The van der Waals surface area contributed by atoms with Crippen LogP contribution in [0.3, 0.4) is 0 Å². The van der Waals surface area contributed by atoms with Gasteiger partial charge in [0.1, 0.15) is 17.2 Å². The van der Waals surface area contributed by atoms with Crippen LogP contribution in [0.5, 0.6) is 17.2 Å². The number of ether oxygens (including phenoxy) is 3. The van der Waals surface area contributed by atoms with Gasteiger partial charge >= 0.3 is 0 Å². The van der Waals surface area contributed by atoms with E-state index >= 15 is 0 Å². The molecule has 2 rings (SSSR count). The Labute approximate surface area is 129 Å². The number of hydrogen-bond donors (Lipinski definition) is 1. The minimum Gasteiger partial charge on any atom is -0.496 e. The molecule has 0 saturated heterocycles. The Morgan fingerprint density at radius 3 is 2.05 bits per heavy atom. The van der Waals surface area contributed by atoms with E-state index < -0.39 is 0 Å². The van der Waals surface area contributed by atoms with Gasteiger partial charge in [0.15, 0.2) is 0 Å². The van der Waals surface area contributed by atoms with Crippen LogP contribution in [0.1, 0.15) is 5.56 Å². The van der Waals surface area contributed by atoms with Gasteiger partial charge in [-0.25, -0.2) is 0 Å². The van der Waals surface area contributed by atoms with Crippen molar-refractivity contribution in [1.82, 2.24) is 0 Å². The zero-order chi connectivity index (χ0) is 15.4. The lowest BCUT2D eigenvalue weighted by atomic mass is 10.0. The van der Waals surface area contributed by atoms with Crippen LogP contribution in [0.2, 0.25) is 5.02 Å². The highest BCUT2D eigenvalue weighted by Crippen LogP contribution is 2.42. The number of rotatable bonds is 5. The van der Waals surface area contributed by atoms with Crippen LogP contribution < -0.4 is 19.9 Å². The SMILES string of the molecule is COc1cc(OC)c(-c2ccc(Cl)c(CN)c2)c(OC)c1. The first-order chi connectivity index (χ1) is 10.1. The first-order valence-corrected chi connectivity index (χ1v) is 6.81. The van der Waals surface area contributed by atoms with E-state index in [2.05, 4.69) is 0 Å². The zero-order valence-electron chi connectivity index (χ0n) is 12.3. The molecule has 0 amide bonds. The van der Waals surface area contributed by atoms with Crippen molar-refractivity contribution in [3.63, 3.8) is 0 Å². The van der Waals surface area contributed by atoms with Crippen molar-refractivity contribution < 1.29 is 14.2 Å². The van der Waals surface area contributed by atoms with Crippen molar-refractivity contribution in [3.8, 4) is 28.4 Å². The van der Waals surface area contributed by atoms with E-state index in [9.17, 15) is 0 Å². The minimum atomic E-state index is 0.369. The van der Waals surface area contributed by atoms with Gasteiger partial charge in [-0.1, -0.05) is 17.7 Å². The third-order valence-electron chi connectivity index (χ3n) is 3.27. The van der Waals surface area contributed by atoms with E-state index in [0.29, 0.717) is 28.8 Å². The van der Waals surface area contributed by atoms with Crippen molar-refractivity contribution in [2.24, 2.45) is 5.73 Å². The van der Waals surface area contributed by atoms with Gasteiger partial charge in [0, 0.05) is 23.7 Å². The summed E-state index contributed by atoms with van der Waals surface area (Å²) in [5.74, 6) is 1.99. The summed E-state index contributed by atoms with van der Waals surface area (Å²) >= 11 is 6.12. The number of hydrogen-bond acceptors (Lipinski definition) is 4. The van der Waals surface area contributed by atoms with Crippen molar-refractivity contribution in [2.75, 3.05) is 21.3 Å². The molecular formula is C16H18ClNO3. The Kier molecular flexibility index (Phi) is 4.94. The molecule has 4 nitrogen and oxygen atoms in total. The molecule has 0 heterocycles. The van der Waals surface area contributed by atoms with Crippen LogP contribution in [0.25, 0.3) is 11.1 Å². The lowest BCUT2D eigenvalue weighted by Crippen LogP contribution is -1.99. The zero-order valence-corrected chi connectivity index (χ0v) is 13.0. The second-order valence-corrected chi connectivity index (χ2v) is 4.82. The van der Waals surface area contributed by atoms with Gasteiger partial charge in [0.25, 0.3) is 0 Å². The molecule has 21 heavy (non-hydrogen) atoms. The van der Waals surface area contributed by atoms with E-state index in [4.69, 9.17) is 31.5 Å². The maximum absolute atomic E-state index is 6.12. The monoisotopic (exact) mass is 307 g/mol. The lowest BCUT2D eigenvalue weighted by Gasteiger charge is -2.16. The van der Waals surface area contributed by atoms with Gasteiger partial charge in [-0.05, 0) is 23.3 Å². The van der Waals surface area contributed by atoms with Gasteiger partial charge in [0.05, 0.1) is 26.9 Å². The molecule has 0 atom stereocenters. The fraction of sp³-hybridized carbons (Fsp3) is 0.250. The average molecular weight is 308 g/mol. The summed E-state index contributed by atoms with van der Waals surface area (Å²) in [5.41, 5.74) is 8.35. The van der Waals surface area contributed by atoms with Crippen molar-refractivity contribution in [2.45, 2.75) is 6.54 Å². The van der Waals surface area contributed by atoms with E-state index in [1.807, 2.05) is 30.3 Å². The summed E-state index contributed by atoms with van der Waals surface area (Å²) in [6, 6.07) is 9.30. The van der Waals surface area contributed by atoms with Crippen LogP contribution in [-0.2, 0) is 6.54 Å². The molecule has 0 radical (unpaired) electrons. The predicted molar refractivity (Wildman–Crippen MR) is 84.4 cm³/mol. The molecule has 0 aliphatic heterocycles. The number of methoxy groups -OCH3 is 3. The molecular weight excluding hydrogens is 290 g/mol. The highest BCUT2D eigenvalue weighted by molar-refractivity contribution is 6.31. The molecule has 112 valence electrons. The molecule has 0 saturated carbocycles.